The standard InChI is InChI=1S/C17H16FN5O/c1-12-16(7-10-20-21-12)17(24)19-9-6-14-8-11-23(22-14)15-4-2-13(18)3-5-15/h2-5,7-8,10-11H,6,9H2,1H3,(H,19,24). The van der Waals surface area contributed by atoms with Gasteiger partial charge in [-0.3, -0.25) is 4.79 Å². The minimum Gasteiger partial charge on any atom is -0.352 e. The fourth-order valence-electron chi connectivity index (χ4n) is 2.27. The van der Waals surface area contributed by atoms with Crippen LogP contribution in [0.5, 0.6) is 0 Å². The molecule has 0 aliphatic carbocycles. The molecule has 0 unspecified atom stereocenters. The summed E-state index contributed by atoms with van der Waals surface area (Å²) in [5.41, 5.74) is 2.73. The van der Waals surface area contributed by atoms with Gasteiger partial charge in [0.05, 0.1) is 28.8 Å². The van der Waals surface area contributed by atoms with Gasteiger partial charge >= 0.3 is 0 Å². The first-order chi connectivity index (χ1) is 11.6. The highest BCUT2D eigenvalue weighted by molar-refractivity contribution is 5.94. The van der Waals surface area contributed by atoms with E-state index in [1.807, 2.05) is 6.07 Å². The van der Waals surface area contributed by atoms with Gasteiger partial charge in [-0.25, -0.2) is 9.07 Å². The lowest BCUT2D eigenvalue weighted by Crippen LogP contribution is -2.26. The van der Waals surface area contributed by atoms with Crippen LogP contribution in [0, 0.1) is 12.7 Å². The van der Waals surface area contributed by atoms with Crippen molar-refractivity contribution in [2.45, 2.75) is 13.3 Å². The fraction of sp³-hybridized carbons (Fsp3) is 0.176. The predicted molar refractivity (Wildman–Crippen MR) is 86.3 cm³/mol. The van der Waals surface area contributed by atoms with Gasteiger partial charge in [-0.05, 0) is 43.3 Å². The summed E-state index contributed by atoms with van der Waals surface area (Å²) in [6, 6.07) is 9.61. The molecule has 0 saturated carbocycles. The Morgan fingerprint density at radius 3 is 2.75 bits per heavy atom. The molecule has 1 aromatic carbocycles. The van der Waals surface area contributed by atoms with Crippen LogP contribution in [0.2, 0.25) is 0 Å². The first kappa shape index (κ1) is 15.8. The van der Waals surface area contributed by atoms with E-state index in [4.69, 9.17) is 0 Å². The topological polar surface area (TPSA) is 72.7 Å². The van der Waals surface area contributed by atoms with Gasteiger partial charge < -0.3 is 5.32 Å². The van der Waals surface area contributed by atoms with Gasteiger partial charge in [-0.15, -0.1) is 0 Å². The van der Waals surface area contributed by atoms with Crippen molar-refractivity contribution in [1.82, 2.24) is 25.3 Å². The Bertz CT molecular complexity index is 844. The van der Waals surface area contributed by atoms with E-state index in [1.165, 1.54) is 18.3 Å². The summed E-state index contributed by atoms with van der Waals surface area (Å²) in [5.74, 6) is -0.463. The maximum absolute atomic E-state index is 12.9. The van der Waals surface area contributed by atoms with Crippen molar-refractivity contribution >= 4 is 5.91 Å². The van der Waals surface area contributed by atoms with Gasteiger partial charge in [0.1, 0.15) is 5.82 Å². The first-order valence-electron chi connectivity index (χ1n) is 7.50. The maximum atomic E-state index is 12.9. The molecule has 0 saturated heterocycles. The minimum atomic E-state index is -0.283. The molecule has 0 aliphatic heterocycles. The molecule has 0 spiro atoms. The molecule has 6 nitrogen and oxygen atoms in total. The average molecular weight is 325 g/mol. The minimum absolute atomic E-state index is 0.180. The number of halogens is 1. The second-order valence-corrected chi connectivity index (χ2v) is 5.26. The predicted octanol–water partition coefficient (Wildman–Crippen LogP) is 2.08. The molecular formula is C17H16FN5O. The zero-order valence-corrected chi connectivity index (χ0v) is 13.1. The van der Waals surface area contributed by atoms with E-state index >= 15 is 0 Å². The van der Waals surface area contributed by atoms with Crippen LogP contribution in [-0.4, -0.2) is 32.4 Å². The number of hydrogen-bond acceptors (Lipinski definition) is 4. The molecule has 0 fully saturated rings. The van der Waals surface area contributed by atoms with E-state index in [9.17, 15) is 9.18 Å². The van der Waals surface area contributed by atoms with Gasteiger partial charge in [0, 0.05) is 19.2 Å². The van der Waals surface area contributed by atoms with Crippen LogP contribution in [-0.2, 0) is 6.42 Å². The van der Waals surface area contributed by atoms with Crippen molar-refractivity contribution in [1.29, 1.82) is 0 Å². The van der Waals surface area contributed by atoms with E-state index < -0.39 is 0 Å². The van der Waals surface area contributed by atoms with Crippen LogP contribution in [0.1, 0.15) is 21.7 Å². The van der Waals surface area contributed by atoms with Crippen LogP contribution >= 0.6 is 0 Å². The molecule has 7 heteroatoms. The lowest BCUT2D eigenvalue weighted by molar-refractivity contribution is 0.0953. The number of aryl methyl sites for hydroxylation is 1. The summed E-state index contributed by atoms with van der Waals surface area (Å²) in [6.07, 6.45) is 3.89. The van der Waals surface area contributed by atoms with E-state index in [-0.39, 0.29) is 11.7 Å². The summed E-state index contributed by atoms with van der Waals surface area (Å²) in [4.78, 5) is 12.1. The third-order valence-corrected chi connectivity index (χ3v) is 3.55. The number of rotatable bonds is 5. The molecule has 2 heterocycles. The highest BCUT2D eigenvalue weighted by Gasteiger charge is 2.09. The molecule has 3 aromatic rings. The summed E-state index contributed by atoms with van der Waals surface area (Å²) >= 11 is 0. The zero-order valence-electron chi connectivity index (χ0n) is 13.1. The molecule has 122 valence electrons. The normalized spacial score (nSPS) is 10.6. The van der Waals surface area contributed by atoms with E-state index in [1.54, 1.807) is 36.0 Å². The molecule has 2 aromatic heterocycles. The molecule has 0 aliphatic rings. The number of hydrogen-bond donors (Lipinski definition) is 1. The number of benzene rings is 1. The van der Waals surface area contributed by atoms with Crippen LogP contribution in [0.15, 0.2) is 48.8 Å². The smallest absolute Gasteiger partial charge is 0.253 e. The van der Waals surface area contributed by atoms with Crippen LogP contribution in [0.4, 0.5) is 4.39 Å². The molecule has 0 radical (unpaired) electrons. The summed E-state index contributed by atoms with van der Waals surface area (Å²) < 4.78 is 14.6. The van der Waals surface area contributed by atoms with Crippen molar-refractivity contribution in [3.05, 3.63) is 71.6 Å². The summed E-state index contributed by atoms with van der Waals surface area (Å²) in [5, 5.41) is 14.8. The summed E-state index contributed by atoms with van der Waals surface area (Å²) in [6.45, 7) is 2.20. The lowest BCUT2D eigenvalue weighted by Gasteiger charge is -2.05. The molecule has 0 atom stereocenters. The number of carbonyl (C=O) groups excluding carboxylic acids is 1. The van der Waals surface area contributed by atoms with E-state index in [0.717, 1.165) is 11.4 Å². The van der Waals surface area contributed by atoms with Gasteiger partial charge in [0.25, 0.3) is 5.91 Å². The highest BCUT2D eigenvalue weighted by atomic mass is 19.1. The molecule has 3 rings (SSSR count). The molecular weight excluding hydrogens is 309 g/mol. The monoisotopic (exact) mass is 325 g/mol. The second-order valence-electron chi connectivity index (χ2n) is 5.26. The Morgan fingerprint density at radius 1 is 1.21 bits per heavy atom. The molecule has 1 amide bonds. The largest absolute Gasteiger partial charge is 0.352 e. The molecule has 0 bridgehead atoms. The lowest BCUT2D eigenvalue weighted by atomic mass is 10.2. The number of nitrogens with one attached hydrogen (secondary N) is 1. The average Bonchev–Trinajstić information content (AvgIpc) is 3.04. The summed E-state index contributed by atoms with van der Waals surface area (Å²) in [7, 11) is 0. The van der Waals surface area contributed by atoms with Crippen LogP contribution in [0.25, 0.3) is 5.69 Å². The van der Waals surface area contributed by atoms with Crippen molar-refractivity contribution < 1.29 is 9.18 Å². The van der Waals surface area contributed by atoms with E-state index in [2.05, 4.69) is 20.6 Å². The van der Waals surface area contributed by atoms with Crippen LogP contribution in [0.3, 0.4) is 0 Å². The van der Waals surface area contributed by atoms with Crippen molar-refractivity contribution in [2.24, 2.45) is 0 Å². The Morgan fingerprint density at radius 2 is 2.00 bits per heavy atom. The van der Waals surface area contributed by atoms with Crippen molar-refractivity contribution in [3.63, 3.8) is 0 Å². The number of carbonyl (C=O) groups is 1. The van der Waals surface area contributed by atoms with Crippen LogP contribution < -0.4 is 5.32 Å². The fourth-order valence-corrected chi connectivity index (χ4v) is 2.27. The van der Waals surface area contributed by atoms with Gasteiger partial charge in [-0.2, -0.15) is 15.3 Å². The van der Waals surface area contributed by atoms with Gasteiger partial charge in [0.15, 0.2) is 0 Å². The maximum Gasteiger partial charge on any atom is 0.253 e. The number of nitrogens with zero attached hydrogens (tertiary/aromatic N) is 4. The van der Waals surface area contributed by atoms with Crippen molar-refractivity contribution in [3.8, 4) is 5.69 Å². The Hall–Kier alpha value is -3.09. The Balaban J connectivity index is 1.57. The Kier molecular flexibility index (Phi) is 4.60. The second kappa shape index (κ2) is 6.99. The quantitative estimate of drug-likeness (QED) is 0.779. The third-order valence-electron chi connectivity index (χ3n) is 3.55. The SMILES string of the molecule is Cc1nnccc1C(=O)NCCc1ccn(-c2ccc(F)cc2)n1. The van der Waals surface area contributed by atoms with Gasteiger partial charge in [0.2, 0.25) is 0 Å². The van der Waals surface area contributed by atoms with Gasteiger partial charge in [-0.1, -0.05) is 0 Å². The van der Waals surface area contributed by atoms with Crippen molar-refractivity contribution in [2.75, 3.05) is 6.54 Å². The first-order valence-corrected chi connectivity index (χ1v) is 7.50. The number of aromatic nitrogens is 4. The third kappa shape index (κ3) is 3.62. The van der Waals surface area contributed by atoms with E-state index in [0.29, 0.717) is 24.2 Å². The Labute approximate surface area is 138 Å². The number of amides is 1. The highest BCUT2D eigenvalue weighted by Crippen LogP contribution is 2.09. The molecule has 1 N–H and O–H groups in total. The molecule has 24 heavy (non-hydrogen) atoms. The zero-order chi connectivity index (χ0) is 16.9.